The van der Waals surface area contributed by atoms with Crippen LogP contribution in [0.25, 0.3) is 64.0 Å². The Hall–Kier alpha value is -5.70. The van der Waals surface area contributed by atoms with Crippen molar-refractivity contribution >= 4 is 70.1 Å². The maximum atomic E-state index is 2.52. The van der Waals surface area contributed by atoms with Gasteiger partial charge >= 0.3 is 0 Å². The Morgan fingerprint density at radius 1 is 0.449 bits per heavy atom. The Morgan fingerprint density at radius 2 is 1.12 bits per heavy atom. The third-order valence-corrected chi connectivity index (χ3v) is 11.8. The first-order chi connectivity index (χ1) is 24.1. The summed E-state index contributed by atoms with van der Waals surface area (Å²) in [7, 11) is 0. The van der Waals surface area contributed by atoms with Crippen molar-refractivity contribution < 1.29 is 0 Å². The fourth-order valence-corrected chi connectivity index (χ4v) is 9.44. The lowest BCUT2D eigenvalue weighted by Gasteiger charge is -2.30. The van der Waals surface area contributed by atoms with Crippen LogP contribution in [0.15, 0.2) is 164 Å². The molecular weight excluding hydrogens is 611 g/mol. The molecule has 0 saturated heterocycles. The molecule has 1 aromatic heterocycles. The van der Waals surface area contributed by atoms with Gasteiger partial charge in [0.05, 0.1) is 11.4 Å². The summed E-state index contributed by atoms with van der Waals surface area (Å²) in [5, 5.41) is 7.69. The normalized spacial score (nSPS) is 13.3. The van der Waals surface area contributed by atoms with Crippen molar-refractivity contribution in [2.45, 2.75) is 19.3 Å². The second-order valence-corrected chi connectivity index (χ2v) is 14.8. The van der Waals surface area contributed by atoms with Crippen molar-refractivity contribution in [3.05, 3.63) is 175 Å². The highest BCUT2D eigenvalue weighted by Crippen LogP contribution is 2.53. The molecule has 0 amide bonds. The quantitative estimate of drug-likeness (QED) is 0.184. The molecule has 0 fully saturated rings. The van der Waals surface area contributed by atoms with Gasteiger partial charge in [-0.05, 0) is 80.4 Å². The first kappa shape index (κ1) is 28.3. The summed E-state index contributed by atoms with van der Waals surface area (Å²) < 4.78 is 2.62. The maximum absolute atomic E-state index is 2.52. The number of hydrogen-bond donors (Lipinski definition) is 0. The summed E-state index contributed by atoms with van der Waals surface area (Å²) in [4.78, 5) is 2.52. The third-order valence-electron chi connectivity index (χ3n) is 10.6. The van der Waals surface area contributed by atoms with Crippen LogP contribution in [0.2, 0.25) is 0 Å². The molecule has 1 heterocycles. The van der Waals surface area contributed by atoms with Crippen molar-refractivity contribution in [3.8, 4) is 22.3 Å². The van der Waals surface area contributed by atoms with Crippen molar-refractivity contribution in [2.75, 3.05) is 4.90 Å². The number of anilines is 3. The molecule has 49 heavy (non-hydrogen) atoms. The Morgan fingerprint density at radius 3 is 2.00 bits per heavy atom. The highest BCUT2D eigenvalue weighted by molar-refractivity contribution is 7.26. The number of fused-ring (bicyclic) bond motifs is 9. The number of para-hydroxylation sites is 1. The Balaban J connectivity index is 1.29. The molecule has 232 valence electrons. The molecule has 0 unspecified atom stereocenters. The lowest BCUT2D eigenvalue weighted by Crippen LogP contribution is -2.15. The average molecular weight is 644 g/mol. The second-order valence-electron chi connectivity index (χ2n) is 13.7. The van der Waals surface area contributed by atoms with Crippen LogP contribution in [0.1, 0.15) is 25.0 Å². The minimum atomic E-state index is -0.0546. The van der Waals surface area contributed by atoms with Crippen LogP contribution in [0.3, 0.4) is 0 Å². The van der Waals surface area contributed by atoms with E-state index in [1.54, 1.807) is 0 Å². The minimum absolute atomic E-state index is 0.0546. The van der Waals surface area contributed by atoms with E-state index in [1.807, 2.05) is 11.3 Å². The zero-order valence-corrected chi connectivity index (χ0v) is 28.3. The standard InChI is InChI=1S/C47H33NS/c1-47(2)40-20-10-7-16-35(40)39-28-33(25-26-41(39)47)48(42-21-11-8-15-34(42)32-24-23-30-13-3-4-14-31(30)27-32)43-29-45-46(37-18-6-5-17-36(37)43)38-19-9-12-22-44(38)49-45/h3-29H,1-2H3. The first-order valence-electron chi connectivity index (χ1n) is 17.0. The largest absolute Gasteiger partial charge is 0.309 e. The van der Waals surface area contributed by atoms with Crippen LogP contribution in [-0.2, 0) is 5.41 Å². The van der Waals surface area contributed by atoms with Gasteiger partial charge in [0.25, 0.3) is 0 Å². The van der Waals surface area contributed by atoms with E-state index < -0.39 is 0 Å². The molecule has 0 atom stereocenters. The summed E-state index contributed by atoms with van der Waals surface area (Å²) in [6.07, 6.45) is 0. The average Bonchev–Trinajstić information content (AvgIpc) is 3.64. The van der Waals surface area contributed by atoms with Gasteiger partial charge in [-0.1, -0.05) is 141 Å². The molecule has 0 saturated carbocycles. The first-order valence-corrected chi connectivity index (χ1v) is 17.8. The predicted octanol–water partition coefficient (Wildman–Crippen LogP) is 13.8. The monoisotopic (exact) mass is 643 g/mol. The molecule has 0 radical (unpaired) electrons. The van der Waals surface area contributed by atoms with Gasteiger partial charge in [0.15, 0.2) is 0 Å². The van der Waals surface area contributed by atoms with E-state index in [0.717, 1.165) is 11.4 Å². The van der Waals surface area contributed by atoms with Gasteiger partial charge in [-0.25, -0.2) is 0 Å². The van der Waals surface area contributed by atoms with E-state index in [2.05, 4.69) is 183 Å². The van der Waals surface area contributed by atoms with Gasteiger partial charge in [-0.2, -0.15) is 0 Å². The van der Waals surface area contributed by atoms with Crippen molar-refractivity contribution in [1.29, 1.82) is 0 Å². The van der Waals surface area contributed by atoms with E-state index in [-0.39, 0.29) is 5.41 Å². The zero-order chi connectivity index (χ0) is 32.7. The number of hydrogen-bond acceptors (Lipinski definition) is 2. The summed E-state index contributed by atoms with van der Waals surface area (Å²) >= 11 is 1.88. The Labute approximate surface area is 290 Å². The summed E-state index contributed by atoms with van der Waals surface area (Å²) in [6, 6.07) is 60.7. The van der Waals surface area contributed by atoms with Crippen LogP contribution in [0, 0.1) is 0 Å². The van der Waals surface area contributed by atoms with Crippen LogP contribution >= 0.6 is 11.3 Å². The predicted molar refractivity (Wildman–Crippen MR) is 212 cm³/mol. The summed E-state index contributed by atoms with van der Waals surface area (Å²) in [5.41, 5.74) is 11.3. The van der Waals surface area contributed by atoms with Gasteiger partial charge < -0.3 is 4.90 Å². The topological polar surface area (TPSA) is 3.24 Å². The van der Waals surface area contributed by atoms with Gasteiger partial charge in [-0.3, -0.25) is 0 Å². The molecule has 1 nitrogen and oxygen atoms in total. The molecule has 0 bridgehead atoms. The highest BCUT2D eigenvalue weighted by Gasteiger charge is 2.35. The van der Waals surface area contributed by atoms with Gasteiger partial charge in [0.2, 0.25) is 0 Å². The van der Waals surface area contributed by atoms with Crippen LogP contribution in [-0.4, -0.2) is 0 Å². The van der Waals surface area contributed by atoms with Gasteiger partial charge in [0.1, 0.15) is 0 Å². The smallest absolute Gasteiger partial charge is 0.0554 e. The van der Waals surface area contributed by atoms with E-state index in [1.165, 1.54) is 80.8 Å². The van der Waals surface area contributed by atoms with Crippen LogP contribution in [0.5, 0.6) is 0 Å². The molecule has 0 N–H and O–H groups in total. The van der Waals surface area contributed by atoms with E-state index in [9.17, 15) is 0 Å². The number of nitrogens with zero attached hydrogens (tertiary/aromatic N) is 1. The molecule has 1 aliphatic carbocycles. The van der Waals surface area contributed by atoms with Crippen LogP contribution in [0.4, 0.5) is 17.1 Å². The molecule has 1 aliphatic rings. The molecule has 2 heteroatoms. The lowest BCUT2D eigenvalue weighted by molar-refractivity contribution is 0.660. The van der Waals surface area contributed by atoms with E-state index in [4.69, 9.17) is 0 Å². The molecule has 10 rings (SSSR count). The summed E-state index contributed by atoms with van der Waals surface area (Å²) in [5.74, 6) is 0. The van der Waals surface area contributed by atoms with Crippen molar-refractivity contribution in [2.24, 2.45) is 0 Å². The molecule has 0 aliphatic heterocycles. The lowest BCUT2D eigenvalue weighted by atomic mass is 9.82. The molecule has 8 aromatic carbocycles. The maximum Gasteiger partial charge on any atom is 0.0554 e. The van der Waals surface area contributed by atoms with Gasteiger partial charge in [-0.15, -0.1) is 11.3 Å². The number of rotatable bonds is 4. The molecule has 0 spiro atoms. The number of benzene rings is 8. The summed E-state index contributed by atoms with van der Waals surface area (Å²) in [6.45, 7) is 4.71. The SMILES string of the molecule is CC1(C)c2ccccc2-c2cc(N(c3ccccc3-c3ccc4ccccc4c3)c3cc4sc5ccccc5c4c4ccccc34)ccc21. The van der Waals surface area contributed by atoms with Crippen LogP contribution < -0.4 is 4.90 Å². The van der Waals surface area contributed by atoms with Crippen molar-refractivity contribution in [1.82, 2.24) is 0 Å². The fourth-order valence-electron chi connectivity index (χ4n) is 8.28. The molecular formula is C47H33NS. The van der Waals surface area contributed by atoms with Gasteiger partial charge in [0, 0.05) is 42.2 Å². The van der Waals surface area contributed by atoms with E-state index >= 15 is 0 Å². The van der Waals surface area contributed by atoms with E-state index in [0.29, 0.717) is 0 Å². The second kappa shape index (κ2) is 10.7. The Bertz CT molecular complexity index is 2770. The van der Waals surface area contributed by atoms with Crippen molar-refractivity contribution in [3.63, 3.8) is 0 Å². The highest BCUT2D eigenvalue weighted by atomic mass is 32.1. The molecule has 9 aromatic rings. The number of thiophene rings is 1. The fraction of sp³-hybridized carbons (Fsp3) is 0.0638. The minimum Gasteiger partial charge on any atom is -0.309 e. The third kappa shape index (κ3) is 4.24. The Kier molecular flexibility index (Phi) is 6.16. The zero-order valence-electron chi connectivity index (χ0n) is 27.4.